The number of hydroxylamine groups is 3. The summed E-state index contributed by atoms with van der Waals surface area (Å²) in [5.41, 5.74) is 3.80. The van der Waals surface area contributed by atoms with Gasteiger partial charge in [-0.3, -0.25) is 4.79 Å². The molecule has 0 spiro atoms. The van der Waals surface area contributed by atoms with Crippen LogP contribution in [0.5, 0.6) is 5.75 Å². The third-order valence-corrected chi connectivity index (χ3v) is 3.92. The Hall–Kier alpha value is -1.80. The van der Waals surface area contributed by atoms with Crippen molar-refractivity contribution in [3.8, 4) is 5.75 Å². The molecule has 5 nitrogen and oxygen atoms in total. The van der Waals surface area contributed by atoms with E-state index in [4.69, 9.17) is 10.5 Å². The molecule has 8 heteroatoms. The average Bonchev–Trinajstić information content (AvgIpc) is 2.74. The fraction of sp³-hybridized carbons (Fsp3) is 0.500. The number of nitrogens with two attached hydrogens (primary N) is 1. The van der Waals surface area contributed by atoms with E-state index in [0.29, 0.717) is 19.0 Å². The molecule has 22 heavy (non-hydrogen) atoms. The third-order valence-electron chi connectivity index (χ3n) is 3.92. The van der Waals surface area contributed by atoms with Gasteiger partial charge < -0.3 is 20.3 Å². The van der Waals surface area contributed by atoms with Crippen molar-refractivity contribution in [1.29, 1.82) is 0 Å². The molecule has 1 fully saturated rings. The second kappa shape index (κ2) is 5.77. The van der Waals surface area contributed by atoms with Gasteiger partial charge in [0.15, 0.2) is 0 Å². The number of halogens is 3. The maximum absolute atomic E-state index is 12.7. The number of ether oxygens (including phenoxy) is 1. The van der Waals surface area contributed by atoms with E-state index in [-0.39, 0.29) is 24.0 Å². The first-order chi connectivity index (χ1) is 10.1. The van der Waals surface area contributed by atoms with E-state index < -0.39 is 22.3 Å². The van der Waals surface area contributed by atoms with E-state index in [1.165, 1.54) is 7.05 Å². The number of carbonyl (C=O) groups excluding carboxylic acids is 1. The molecular weight excluding hydrogens is 301 g/mol. The van der Waals surface area contributed by atoms with Gasteiger partial charge in [0, 0.05) is 12.8 Å². The molecule has 122 valence electrons. The van der Waals surface area contributed by atoms with Crippen molar-refractivity contribution in [2.24, 2.45) is 5.73 Å². The van der Waals surface area contributed by atoms with E-state index in [2.05, 4.69) is 0 Å². The number of rotatable bonds is 4. The first-order valence-electron chi connectivity index (χ1n) is 6.81. The molecule has 2 N–H and O–H groups in total. The number of amides is 1. The standard InChI is InChI=1S/C14H17F3N2O3/c1-19(21)6-2-3-10(19)8-22-12-5-4-9(14(15,16)17)7-11(12)13(18)20/h4-5,7,10H,2-3,6,8H2,1H3,(H2,18,20). The van der Waals surface area contributed by atoms with Crippen LogP contribution in [0, 0.1) is 5.21 Å². The van der Waals surface area contributed by atoms with Gasteiger partial charge in [-0.1, -0.05) is 0 Å². The van der Waals surface area contributed by atoms with Crippen molar-refractivity contribution in [3.05, 3.63) is 34.5 Å². The van der Waals surface area contributed by atoms with Gasteiger partial charge in [-0.05, 0) is 18.2 Å². The van der Waals surface area contributed by atoms with E-state index in [1.807, 2.05) is 0 Å². The van der Waals surface area contributed by atoms with Crippen LogP contribution in [0.25, 0.3) is 0 Å². The lowest BCUT2D eigenvalue weighted by Crippen LogP contribution is -2.45. The Morgan fingerprint density at radius 3 is 2.68 bits per heavy atom. The largest absolute Gasteiger partial charge is 0.633 e. The summed E-state index contributed by atoms with van der Waals surface area (Å²) in [6.07, 6.45) is -3.13. The molecule has 1 heterocycles. The molecule has 2 rings (SSSR count). The van der Waals surface area contributed by atoms with Crippen molar-refractivity contribution in [1.82, 2.24) is 0 Å². The fourth-order valence-corrected chi connectivity index (χ4v) is 2.55. The Bertz CT molecular complexity index is 573. The van der Waals surface area contributed by atoms with Crippen molar-refractivity contribution in [3.63, 3.8) is 0 Å². The molecule has 0 aromatic heterocycles. The van der Waals surface area contributed by atoms with Gasteiger partial charge in [-0.2, -0.15) is 13.2 Å². The van der Waals surface area contributed by atoms with E-state index >= 15 is 0 Å². The number of primary amides is 1. The van der Waals surface area contributed by atoms with Crippen LogP contribution in [0.15, 0.2) is 18.2 Å². The first-order valence-corrected chi connectivity index (χ1v) is 6.81. The van der Waals surface area contributed by atoms with Crippen LogP contribution >= 0.6 is 0 Å². The van der Waals surface area contributed by atoms with Crippen molar-refractivity contribution < 1.29 is 27.3 Å². The summed E-state index contributed by atoms with van der Waals surface area (Å²) in [6, 6.07) is 2.25. The van der Waals surface area contributed by atoms with Crippen molar-refractivity contribution in [2.75, 3.05) is 20.2 Å². The van der Waals surface area contributed by atoms with Gasteiger partial charge in [0.25, 0.3) is 5.91 Å². The summed E-state index contributed by atoms with van der Waals surface area (Å²) in [7, 11) is 1.53. The fourth-order valence-electron chi connectivity index (χ4n) is 2.55. The number of likely N-dealkylation sites (N-methyl/N-ethyl adjacent to an activating group) is 1. The lowest BCUT2D eigenvalue weighted by atomic mass is 10.1. The second-order valence-electron chi connectivity index (χ2n) is 5.58. The quantitative estimate of drug-likeness (QED) is 0.683. The minimum Gasteiger partial charge on any atom is -0.633 e. The van der Waals surface area contributed by atoms with E-state index in [9.17, 15) is 23.2 Å². The van der Waals surface area contributed by atoms with E-state index in [1.54, 1.807) is 0 Å². The van der Waals surface area contributed by atoms with Gasteiger partial charge >= 0.3 is 6.18 Å². The van der Waals surface area contributed by atoms with Gasteiger partial charge in [0.1, 0.15) is 18.4 Å². The molecule has 0 radical (unpaired) electrons. The number of likely N-dealkylation sites (tertiary alicyclic amines) is 1. The topological polar surface area (TPSA) is 75.4 Å². The Morgan fingerprint density at radius 2 is 2.18 bits per heavy atom. The van der Waals surface area contributed by atoms with Crippen molar-refractivity contribution >= 4 is 5.91 Å². The summed E-state index contributed by atoms with van der Waals surface area (Å²) < 4.78 is 42.9. The SMILES string of the molecule is C[N+]1([O-])CCCC1COc1ccc(C(F)(F)F)cc1C(N)=O. The van der Waals surface area contributed by atoms with Crippen LogP contribution in [-0.4, -0.2) is 36.8 Å². The molecule has 0 saturated carbocycles. The number of nitrogens with zero attached hydrogens (tertiary/aromatic N) is 1. The van der Waals surface area contributed by atoms with Crippen LogP contribution in [0.4, 0.5) is 13.2 Å². The highest BCUT2D eigenvalue weighted by molar-refractivity contribution is 5.95. The number of carbonyl (C=O) groups is 1. The predicted octanol–water partition coefficient (Wildman–Crippen LogP) is 2.29. The highest BCUT2D eigenvalue weighted by atomic mass is 19.4. The smallest absolute Gasteiger partial charge is 0.416 e. The molecular formula is C14H17F3N2O3. The maximum Gasteiger partial charge on any atom is 0.416 e. The minimum absolute atomic E-state index is 0.0334. The molecule has 0 bridgehead atoms. The van der Waals surface area contributed by atoms with E-state index in [0.717, 1.165) is 18.6 Å². The number of benzene rings is 1. The zero-order chi connectivity index (χ0) is 16.5. The number of quaternary nitrogens is 1. The molecule has 2 atom stereocenters. The van der Waals surface area contributed by atoms with Gasteiger partial charge in [-0.15, -0.1) is 0 Å². The number of alkyl halides is 3. The summed E-state index contributed by atoms with van der Waals surface area (Å²) >= 11 is 0. The lowest BCUT2D eigenvalue weighted by molar-refractivity contribution is -0.873. The Balaban J connectivity index is 2.19. The zero-order valence-electron chi connectivity index (χ0n) is 12.0. The Kier molecular flexibility index (Phi) is 4.35. The van der Waals surface area contributed by atoms with Crippen LogP contribution in [0.3, 0.4) is 0 Å². The first kappa shape index (κ1) is 16.6. The molecule has 1 aliphatic rings. The summed E-state index contributed by atoms with van der Waals surface area (Å²) in [5.74, 6) is -1.04. The van der Waals surface area contributed by atoms with Crippen LogP contribution in [-0.2, 0) is 6.18 Å². The molecule has 1 aliphatic heterocycles. The zero-order valence-corrected chi connectivity index (χ0v) is 12.0. The average molecular weight is 318 g/mol. The van der Waals surface area contributed by atoms with Crippen LogP contribution in [0.2, 0.25) is 0 Å². The second-order valence-corrected chi connectivity index (χ2v) is 5.58. The summed E-state index contributed by atoms with van der Waals surface area (Å²) in [6.45, 7) is 0.509. The van der Waals surface area contributed by atoms with Gasteiger partial charge in [0.05, 0.1) is 24.7 Å². The molecule has 1 aromatic rings. The number of hydrogen-bond donors (Lipinski definition) is 1. The molecule has 2 unspecified atom stereocenters. The monoisotopic (exact) mass is 318 g/mol. The number of hydrogen-bond acceptors (Lipinski definition) is 3. The molecule has 0 aliphatic carbocycles. The predicted molar refractivity (Wildman–Crippen MR) is 72.9 cm³/mol. The highest BCUT2D eigenvalue weighted by Crippen LogP contribution is 2.33. The third kappa shape index (κ3) is 3.50. The normalized spacial score (nSPS) is 25.2. The minimum atomic E-state index is -4.57. The molecule has 1 saturated heterocycles. The van der Waals surface area contributed by atoms with Gasteiger partial charge in [-0.25, -0.2) is 0 Å². The maximum atomic E-state index is 12.7. The Morgan fingerprint density at radius 1 is 1.50 bits per heavy atom. The van der Waals surface area contributed by atoms with Crippen LogP contribution in [0.1, 0.15) is 28.8 Å². The molecule has 1 aromatic carbocycles. The van der Waals surface area contributed by atoms with Crippen molar-refractivity contribution in [2.45, 2.75) is 25.1 Å². The van der Waals surface area contributed by atoms with Crippen LogP contribution < -0.4 is 10.5 Å². The lowest BCUT2D eigenvalue weighted by Gasteiger charge is -2.39. The highest BCUT2D eigenvalue weighted by Gasteiger charge is 2.33. The summed E-state index contributed by atoms with van der Waals surface area (Å²) in [5, 5.41) is 12.1. The Labute approximate surface area is 125 Å². The summed E-state index contributed by atoms with van der Waals surface area (Å²) in [4.78, 5) is 11.3. The van der Waals surface area contributed by atoms with Gasteiger partial charge in [0.2, 0.25) is 0 Å². The molecule has 1 amide bonds.